The van der Waals surface area contributed by atoms with Gasteiger partial charge in [0.15, 0.2) is 0 Å². The Morgan fingerprint density at radius 1 is 1.27 bits per heavy atom. The lowest BCUT2D eigenvalue weighted by molar-refractivity contribution is 0.0794. The number of rotatable bonds is 6. The van der Waals surface area contributed by atoms with Crippen LogP contribution in [0.5, 0.6) is 0 Å². The van der Waals surface area contributed by atoms with Crippen LogP contribution in [-0.4, -0.2) is 34.1 Å². The van der Waals surface area contributed by atoms with Crippen LogP contribution in [0.2, 0.25) is 5.54 Å². The zero-order valence-corrected chi connectivity index (χ0v) is 11.4. The van der Waals surface area contributed by atoms with Gasteiger partial charge in [0, 0.05) is 19.8 Å². The van der Waals surface area contributed by atoms with Gasteiger partial charge in [-0.3, -0.25) is 0 Å². The molecule has 1 rings (SSSR count). The standard InChI is InChI=1S/C11H24O3Si/c1-5-13-15(10(3)4,14-6-2)11-8-7-9-12-11/h10-11H,5-9H2,1-4H3. The second kappa shape index (κ2) is 5.99. The van der Waals surface area contributed by atoms with Gasteiger partial charge in [-0.05, 0) is 32.2 Å². The van der Waals surface area contributed by atoms with E-state index in [2.05, 4.69) is 13.8 Å². The molecule has 0 amide bonds. The maximum absolute atomic E-state index is 6.01. The van der Waals surface area contributed by atoms with Gasteiger partial charge in [0.25, 0.3) is 0 Å². The molecule has 0 aromatic heterocycles. The molecule has 90 valence electrons. The number of ether oxygens (including phenoxy) is 1. The molecule has 4 heteroatoms. The summed E-state index contributed by atoms with van der Waals surface area (Å²) in [5, 5.41) is 0. The molecule has 1 atom stereocenters. The van der Waals surface area contributed by atoms with E-state index in [0.29, 0.717) is 5.54 Å². The van der Waals surface area contributed by atoms with E-state index >= 15 is 0 Å². The summed E-state index contributed by atoms with van der Waals surface area (Å²) in [7, 11) is -2.16. The molecule has 1 heterocycles. The summed E-state index contributed by atoms with van der Waals surface area (Å²) in [6.45, 7) is 10.8. The van der Waals surface area contributed by atoms with Crippen molar-refractivity contribution in [1.82, 2.24) is 0 Å². The van der Waals surface area contributed by atoms with Crippen LogP contribution in [0.4, 0.5) is 0 Å². The van der Waals surface area contributed by atoms with Crippen LogP contribution in [-0.2, 0) is 13.6 Å². The fraction of sp³-hybridized carbons (Fsp3) is 1.00. The van der Waals surface area contributed by atoms with Crippen molar-refractivity contribution >= 4 is 8.56 Å². The molecule has 0 aromatic rings. The van der Waals surface area contributed by atoms with Crippen LogP contribution >= 0.6 is 0 Å². The van der Waals surface area contributed by atoms with Crippen molar-refractivity contribution in [3.8, 4) is 0 Å². The van der Waals surface area contributed by atoms with Gasteiger partial charge in [-0.25, -0.2) is 0 Å². The number of hydrogen-bond acceptors (Lipinski definition) is 3. The Bertz CT molecular complexity index is 173. The molecule has 1 fully saturated rings. The maximum atomic E-state index is 6.01. The summed E-state index contributed by atoms with van der Waals surface area (Å²) in [5.41, 5.74) is 0.679. The van der Waals surface area contributed by atoms with Crippen LogP contribution in [0, 0.1) is 0 Å². The maximum Gasteiger partial charge on any atom is 0.370 e. The fourth-order valence-corrected chi connectivity index (χ4v) is 6.00. The van der Waals surface area contributed by atoms with Crippen molar-refractivity contribution in [2.45, 2.75) is 51.8 Å². The third-order valence-corrected chi connectivity index (χ3v) is 7.37. The van der Waals surface area contributed by atoms with Gasteiger partial charge in [-0.15, -0.1) is 0 Å². The molecule has 0 radical (unpaired) electrons. The quantitative estimate of drug-likeness (QED) is 0.659. The lowest BCUT2D eigenvalue weighted by Crippen LogP contribution is -2.56. The predicted molar refractivity (Wildman–Crippen MR) is 63.1 cm³/mol. The van der Waals surface area contributed by atoms with Crippen molar-refractivity contribution in [2.24, 2.45) is 0 Å². The zero-order chi connectivity index (χ0) is 11.3. The van der Waals surface area contributed by atoms with Gasteiger partial charge in [0.05, 0.1) is 0 Å². The zero-order valence-electron chi connectivity index (χ0n) is 10.4. The van der Waals surface area contributed by atoms with Gasteiger partial charge in [0.1, 0.15) is 5.73 Å². The van der Waals surface area contributed by atoms with Crippen LogP contribution in [0.1, 0.15) is 40.5 Å². The van der Waals surface area contributed by atoms with E-state index in [9.17, 15) is 0 Å². The van der Waals surface area contributed by atoms with Crippen molar-refractivity contribution < 1.29 is 13.6 Å². The van der Waals surface area contributed by atoms with Crippen LogP contribution in [0.15, 0.2) is 0 Å². The van der Waals surface area contributed by atoms with E-state index < -0.39 is 8.56 Å². The summed E-state index contributed by atoms with van der Waals surface area (Å²) in [6, 6.07) is 0. The van der Waals surface area contributed by atoms with Crippen LogP contribution in [0.25, 0.3) is 0 Å². The molecule has 1 aliphatic rings. The molecule has 3 nitrogen and oxygen atoms in total. The molecule has 1 unspecified atom stereocenters. The lowest BCUT2D eigenvalue weighted by Gasteiger charge is -2.37. The molecule has 15 heavy (non-hydrogen) atoms. The van der Waals surface area contributed by atoms with E-state index in [4.69, 9.17) is 13.6 Å². The molecular weight excluding hydrogens is 208 g/mol. The molecule has 0 N–H and O–H groups in total. The Morgan fingerprint density at radius 2 is 1.87 bits per heavy atom. The minimum atomic E-state index is -2.16. The molecule has 1 saturated heterocycles. The topological polar surface area (TPSA) is 27.7 Å². The summed E-state index contributed by atoms with van der Waals surface area (Å²) < 4.78 is 17.8. The molecule has 0 saturated carbocycles. The first-order chi connectivity index (χ1) is 7.17. The molecule has 1 aliphatic heterocycles. The second-order valence-corrected chi connectivity index (χ2v) is 8.06. The minimum Gasteiger partial charge on any atom is -0.393 e. The largest absolute Gasteiger partial charge is 0.393 e. The molecule has 0 spiro atoms. The van der Waals surface area contributed by atoms with E-state index in [0.717, 1.165) is 32.7 Å². The van der Waals surface area contributed by atoms with E-state index in [1.165, 1.54) is 0 Å². The second-order valence-electron chi connectivity index (χ2n) is 4.24. The highest BCUT2D eigenvalue weighted by Crippen LogP contribution is 2.33. The fourth-order valence-electron chi connectivity index (χ4n) is 2.28. The van der Waals surface area contributed by atoms with Gasteiger partial charge in [-0.1, -0.05) is 13.8 Å². The van der Waals surface area contributed by atoms with Crippen LogP contribution in [0.3, 0.4) is 0 Å². The monoisotopic (exact) mass is 232 g/mol. The Kier molecular flexibility index (Phi) is 5.25. The van der Waals surface area contributed by atoms with Gasteiger partial charge >= 0.3 is 8.56 Å². The van der Waals surface area contributed by atoms with Gasteiger partial charge in [0.2, 0.25) is 0 Å². The van der Waals surface area contributed by atoms with E-state index in [-0.39, 0.29) is 5.73 Å². The van der Waals surface area contributed by atoms with E-state index in [1.807, 2.05) is 13.8 Å². The molecule has 0 aromatic carbocycles. The molecular formula is C11H24O3Si. The highest BCUT2D eigenvalue weighted by Gasteiger charge is 2.50. The van der Waals surface area contributed by atoms with Crippen LogP contribution < -0.4 is 0 Å². The minimum absolute atomic E-state index is 0.234. The third kappa shape index (κ3) is 2.81. The first kappa shape index (κ1) is 13.2. The highest BCUT2D eigenvalue weighted by molar-refractivity contribution is 6.70. The lowest BCUT2D eigenvalue weighted by atomic mass is 10.4. The van der Waals surface area contributed by atoms with Gasteiger partial charge in [-0.2, -0.15) is 0 Å². The predicted octanol–water partition coefficient (Wildman–Crippen LogP) is 2.63. The summed E-state index contributed by atoms with van der Waals surface area (Å²) in [5.74, 6) is 0. The summed E-state index contributed by atoms with van der Waals surface area (Å²) in [6.07, 6.45) is 2.25. The Morgan fingerprint density at radius 3 is 2.20 bits per heavy atom. The van der Waals surface area contributed by atoms with Crippen molar-refractivity contribution in [2.75, 3.05) is 19.8 Å². The average molecular weight is 232 g/mol. The average Bonchev–Trinajstić information content (AvgIpc) is 2.70. The normalized spacial score (nSPS) is 22.6. The smallest absolute Gasteiger partial charge is 0.370 e. The Hall–Kier alpha value is 0.0969. The molecule has 0 bridgehead atoms. The Labute approximate surface area is 94.4 Å². The number of hydrogen-bond donors (Lipinski definition) is 0. The van der Waals surface area contributed by atoms with Gasteiger partial charge < -0.3 is 13.6 Å². The third-order valence-electron chi connectivity index (χ3n) is 2.92. The van der Waals surface area contributed by atoms with Crippen molar-refractivity contribution in [3.63, 3.8) is 0 Å². The first-order valence-electron chi connectivity index (χ1n) is 6.06. The Balaban J connectivity index is 2.78. The molecule has 0 aliphatic carbocycles. The summed E-state index contributed by atoms with van der Waals surface area (Å²) >= 11 is 0. The van der Waals surface area contributed by atoms with E-state index in [1.54, 1.807) is 0 Å². The SMILES string of the molecule is CCO[Si](OCC)(C(C)C)C1CCCO1. The van der Waals surface area contributed by atoms with Crippen molar-refractivity contribution in [3.05, 3.63) is 0 Å². The first-order valence-corrected chi connectivity index (χ1v) is 8.04. The highest BCUT2D eigenvalue weighted by atomic mass is 28.4. The van der Waals surface area contributed by atoms with Crippen molar-refractivity contribution in [1.29, 1.82) is 0 Å². The summed E-state index contributed by atoms with van der Waals surface area (Å²) in [4.78, 5) is 0.